The van der Waals surface area contributed by atoms with Crippen molar-refractivity contribution in [3.8, 4) is 0 Å². The molecule has 0 saturated heterocycles. The third kappa shape index (κ3) is 51.8. The summed E-state index contributed by atoms with van der Waals surface area (Å²) < 4.78 is 5.47. The smallest absolute Gasteiger partial charge is 0.305 e. The van der Waals surface area contributed by atoms with E-state index in [1.807, 2.05) is 0 Å². The Morgan fingerprint density at radius 1 is 0.415 bits per heavy atom. The molecule has 0 rings (SSSR count). The van der Waals surface area contributed by atoms with Crippen molar-refractivity contribution in [2.24, 2.45) is 0 Å². The lowest BCUT2D eigenvalue weighted by molar-refractivity contribution is -0.143. The first-order chi connectivity index (χ1) is 32.0. The molecule has 0 aromatic rings. The number of rotatable bonds is 55. The summed E-state index contributed by atoms with van der Waals surface area (Å²) in [7, 11) is 0. The number of aliphatic hydroxyl groups is 2. The zero-order valence-corrected chi connectivity index (χ0v) is 44.0. The first kappa shape index (κ1) is 63.6. The van der Waals surface area contributed by atoms with Crippen molar-refractivity contribution in [3.05, 3.63) is 12.2 Å². The number of esters is 1. The molecule has 0 aromatic carbocycles. The molecular weight excluding hydrogens is 803 g/mol. The van der Waals surface area contributed by atoms with E-state index in [0.717, 1.165) is 38.5 Å². The number of aliphatic hydroxyl groups excluding tert-OH is 2. The van der Waals surface area contributed by atoms with Gasteiger partial charge in [-0.25, -0.2) is 0 Å². The lowest BCUT2D eigenvalue weighted by Crippen LogP contribution is -2.45. The molecule has 386 valence electrons. The van der Waals surface area contributed by atoms with Gasteiger partial charge in [-0.15, -0.1) is 0 Å². The van der Waals surface area contributed by atoms with Gasteiger partial charge in [-0.3, -0.25) is 9.59 Å². The number of carbonyl (C=O) groups excluding carboxylic acids is 2. The Morgan fingerprint density at radius 3 is 1.09 bits per heavy atom. The van der Waals surface area contributed by atoms with Crippen LogP contribution in [0, 0.1) is 0 Å². The van der Waals surface area contributed by atoms with E-state index >= 15 is 0 Å². The van der Waals surface area contributed by atoms with Crippen LogP contribution in [-0.2, 0) is 14.3 Å². The number of ether oxygens (including phenoxy) is 1. The second-order valence-corrected chi connectivity index (χ2v) is 20.3. The highest BCUT2D eigenvalue weighted by atomic mass is 16.5. The van der Waals surface area contributed by atoms with E-state index in [4.69, 9.17) is 4.74 Å². The van der Waals surface area contributed by atoms with E-state index < -0.39 is 12.1 Å². The first-order valence-electron chi connectivity index (χ1n) is 29.4. The second kappa shape index (κ2) is 55.2. The zero-order valence-electron chi connectivity index (χ0n) is 44.0. The Labute approximate surface area is 406 Å². The number of nitrogens with one attached hydrogen (secondary N) is 1. The van der Waals surface area contributed by atoms with E-state index in [9.17, 15) is 19.8 Å². The normalized spacial score (nSPS) is 12.6. The van der Waals surface area contributed by atoms with Crippen LogP contribution in [0.5, 0.6) is 0 Å². The van der Waals surface area contributed by atoms with Gasteiger partial charge in [-0.2, -0.15) is 0 Å². The molecule has 0 radical (unpaired) electrons. The predicted molar refractivity (Wildman–Crippen MR) is 283 cm³/mol. The molecule has 2 unspecified atom stereocenters. The molecule has 6 heteroatoms. The molecular formula is C59H115NO5. The first-order valence-corrected chi connectivity index (χ1v) is 29.4. The largest absolute Gasteiger partial charge is 0.466 e. The summed E-state index contributed by atoms with van der Waals surface area (Å²) in [6.07, 6.45) is 64.9. The van der Waals surface area contributed by atoms with Gasteiger partial charge in [0.05, 0.1) is 25.4 Å². The fourth-order valence-electron chi connectivity index (χ4n) is 9.28. The molecule has 0 heterocycles. The van der Waals surface area contributed by atoms with E-state index in [2.05, 4.69) is 31.3 Å². The maximum Gasteiger partial charge on any atom is 0.305 e. The van der Waals surface area contributed by atoms with Gasteiger partial charge in [0, 0.05) is 12.8 Å². The van der Waals surface area contributed by atoms with Crippen LogP contribution >= 0.6 is 0 Å². The van der Waals surface area contributed by atoms with Crippen LogP contribution in [0.1, 0.15) is 328 Å². The lowest BCUT2D eigenvalue weighted by Gasteiger charge is -2.22. The summed E-state index contributed by atoms with van der Waals surface area (Å²) in [5, 5.41) is 23.2. The summed E-state index contributed by atoms with van der Waals surface area (Å²) >= 11 is 0. The number of carbonyl (C=O) groups is 2. The Hall–Kier alpha value is -1.40. The molecule has 0 spiro atoms. The molecule has 2 atom stereocenters. The summed E-state index contributed by atoms with van der Waals surface area (Å²) in [6, 6.07) is -0.545. The van der Waals surface area contributed by atoms with Crippen molar-refractivity contribution in [2.45, 2.75) is 341 Å². The number of allylic oxidation sites excluding steroid dienone is 2. The van der Waals surface area contributed by atoms with Crippen molar-refractivity contribution < 1.29 is 24.5 Å². The van der Waals surface area contributed by atoms with Gasteiger partial charge in [0.1, 0.15) is 0 Å². The van der Waals surface area contributed by atoms with Crippen LogP contribution in [0.2, 0.25) is 0 Å². The maximum atomic E-state index is 12.5. The van der Waals surface area contributed by atoms with Crippen LogP contribution in [0.3, 0.4) is 0 Å². The molecule has 6 nitrogen and oxygen atoms in total. The molecule has 0 aliphatic rings. The topological polar surface area (TPSA) is 95.9 Å². The highest BCUT2D eigenvalue weighted by Crippen LogP contribution is 2.17. The van der Waals surface area contributed by atoms with Crippen LogP contribution in [0.25, 0.3) is 0 Å². The zero-order chi connectivity index (χ0) is 47.2. The van der Waals surface area contributed by atoms with Gasteiger partial charge in [0.2, 0.25) is 5.91 Å². The third-order valence-corrected chi connectivity index (χ3v) is 13.8. The van der Waals surface area contributed by atoms with Gasteiger partial charge < -0.3 is 20.3 Å². The Balaban J connectivity index is 3.40. The number of amides is 1. The SMILES string of the molecule is CCCCCCCCCCCCCCCC(=O)OCCCCCCCCCCCCC/C=C\CCCCCCCCCC(=O)NC(CO)C(O)CCCCCCCCCCCCCCC. The Morgan fingerprint density at radius 2 is 0.723 bits per heavy atom. The molecule has 0 bridgehead atoms. The summed E-state index contributed by atoms with van der Waals surface area (Å²) in [5.74, 6) is -0.0288. The van der Waals surface area contributed by atoms with E-state index in [-0.39, 0.29) is 18.5 Å². The van der Waals surface area contributed by atoms with Crippen LogP contribution in [0.15, 0.2) is 12.2 Å². The van der Waals surface area contributed by atoms with Crippen molar-refractivity contribution in [2.75, 3.05) is 13.2 Å². The Bertz CT molecular complexity index is 970. The number of unbranched alkanes of at least 4 members (excludes halogenated alkanes) is 42. The maximum absolute atomic E-state index is 12.5. The molecule has 3 N–H and O–H groups in total. The van der Waals surface area contributed by atoms with Crippen molar-refractivity contribution >= 4 is 11.9 Å². The fourth-order valence-corrected chi connectivity index (χ4v) is 9.28. The average Bonchev–Trinajstić information content (AvgIpc) is 3.31. The summed E-state index contributed by atoms with van der Waals surface area (Å²) in [5.41, 5.74) is 0. The average molecular weight is 919 g/mol. The molecule has 1 amide bonds. The number of hydrogen-bond acceptors (Lipinski definition) is 5. The molecule has 0 fully saturated rings. The fraction of sp³-hybridized carbons (Fsp3) is 0.932. The molecule has 0 aromatic heterocycles. The monoisotopic (exact) mass is 918 g/mol. The highest BCUT2D eigenvalue weighted by molar-refractivity contribution is 5.76. The van der Waals surface area contributed by atoms with Crippen LogP contribution in [0.4, 0.5) is 0 Å². The molecule has 0 aliphatic heterocycles. The number of hydrogen-bond donors (Lipinski definition) is 3. The predicted octanol–water partition coefficient (Wildman–Crippen LogP) is 18.1. The minimum absolute atomic E-state index is 0.0119. The van der Waals surface area contributed by atoms with Crippen molar-refractivity contribution in [1.29, 1.82) is 0 Å². The molecule has 0 aliphatic carbocycles. The molecule has 65 heavy (non-hydrogen) atoms. The van der Waals surface area contributed by atoms with Gasteiger partial charge in [0.15, 0.2) is 0 Å². The van der Waals surface area contributed by atoms with E-state index in [1.54, 1.807) is 0 Å². The highest BCUT2D eigenvalue weighted by Gasteiger charge is 2.20. The lowest BCUT2D eigenvalue weighted by atomic mass is 10.0. The minimum Gasteiger partial charge on any atom is -0.466 e. The summed E-state index contributed by atoms with van der Waals surface area (Å²) in [4.78, 5) is 24.5. The van der Waals surface area contributed by atoms with Gasteiger partial charge in [0.25, 0.3) is 0 Å². The van der Waals surface area contributed by atoms with Crippen LogP contribution in [-0.4, -0.2) is 47.4 Å². The van der Waals surface area contributed by atoms with Gasteiger partial charge in [-0.1, -0.05) is 276 Å². The minimum atomic E-state index is -0.667. The van der Waals surface area contributed by atoms with Crippen molar-refractivity contribution in [3.63, 3.8) is 0 Å². The van der Waals surface area contributed by atoms with E-state index in [0.29, 0.717) is 25.9 Å². The van der Waals surface area contributed by atoms with Crippen molar-refractivity contribution in [1.82, 2.24) is 5.32 Å². The third-order valence-electron chi connectivity index (χ3n) is 13.8. The van der Waals surface area contributed by atoms with Gasteiger partial charge in [-0.05, 0) is 51.4 Å². The van der Waals surface area contributed by atoms with Gasteiger partial charge >= 0.3 is 5.97 Å². The van der Waals surface area contributed by atoms with E-state index in [1.165, 1.54) is 257 Å². The quantitative estimate of drug-likeness (QED) is 0.0321. The summed E-state index contributed by atoms with van der Waals surface area (Å²) in [6.45, 7) is 4.96. The standard InChI is InChI=1S/C59H115NO5/c1-3-5-7-9-11-13-15-27-31-35-39-43-47-51-57(62)56(55-61)60-58(63)52-48-44-40-36-32-29-25-23-21-19-17-18-20-22-24-26-30-34-38-42-46-50-54-65-59(64)53-49-45-41-37-33-28-16-14-12-10-8-6-4-2/h19,21,56-57,61-62H,3-18,20,22-55H2,1-2H3,(H,60,63)/b21-19-. The van der Waals surface area contributed by atoms with Crippen LogP contribution < -0.4 is 5.32 Å². The second-order valence-electron chi connectivity index (χ2n) is 20.3. The molecule has 0 saturated carbocycles. The Kier molecular flexibility index (Phi) is 54.0.